The van der Waals surface area contributed by atoms with Crippen molar-refractivity contribution in [3.8, 4) is 11.5 Å². The first-order valence-electron chi connectivity index (χ1n) is 11.2. The summed E-state index contributed by atoms with van der Waals surface area (Å²) in [5.41, 5.74) is 2.53. The van der Waals surface area contributed by atoms with Crippen molar-refractivity contribution in [3.63, 3.8) is 0 Å². The topological polar surface area (TPSA) is 52.6 Å². The van der Waals surface area contributed by atoms with Crippen molar-refractivity contribution in [2.75, 3.05) is 0 Å². The summed E-state index contributed by atoms with van der Waals surface area (Å²) in [7, 11) is 0. The average molecular weight is 445 g/mol. The number of benzene rings is 3. The summed E-state index contributed by atoms with van der Waals surface area (Å²) in [5, 5.41) is 0. The van der Waals surface area contributed by atoms with Gasteiger partial charge in [-0.05, 0) is 65.6 Å². The lowest BCUT2D eigenvalue weighted by atomic mass is 9.72. The van der Waals surface area contributed by atoms with E-state index in [-0.39, 0.29) is 22.3 Å². The van der Waals surface area contributed by atoms with Gasteiger partial charge in [-0.2, -0.15) is 0 Å². The van der Waals surface area contributed by atoms with Crippen LogP contribution in [0.5, 0.6) is 11.5 Å². The van der Waals surface area contributed by atoms with E-state index in [2.05, 4.69) is 34.6 Å². The maximum atomic E-state index is 12.9. The molecule has 0 aliphatic rings. The predicted molar refractivity (Wildman–Crippen MR) is 131 cm³/mol. The van der Waals surface area contributed by atoms with Crippen LogP contribution in [-0.4, -0.2) is 11.9 Å². The second kappa shape index (κ2) is 9.62. The Balaban J connectivity index is 2.03. The summed E-state index contributed by atoms with van der Waals surface area (Å²) in [4.78, 5) is 25.6. The van der Waals surface area contributed by atoms with E-state index in [4.69, 9.17) is 9.47 Å². The quantitative estimate of drug-likeness (QED) is 0.299. The van der Waals surface area contributed by atoms with Gasteiger partial charge in [0.1, 0.15) is 0 Å². The Labute approximate surface area is 196 Å². The van der Waals surface area contributed by atoms with Crippen LogP contribution in [0.1, 0.15) is 72.9 Å². The number of rotatable bonds is 6. The summed E-state index contributed by atoms with van der Waals surface area (Å²) in [6.07, 6.45) is 0.925. The van der Waals surface area contributed by atoms with Crippen LogP contribution in [0, 0.1) is 12.3 Å². The van der Waals surface area contributed by atoms with Crippen molar-refractivity contribution in [1.82, 2.24) is 0 Å². The van der Waals surface area contributed by atoms with Gasteiger partial charge in [-0.3, -0.25) is 0 Å². The molecule has 3 aromatic carbocycles. The molecule has 0 aliphatic heterocycles. The molecule has 0 N–H and O–H groups in total. The third kappa shape index (κ3) is 6.32. The molecular formula is C29H32O4. The van der Waals surface area contributed by atoms with Gasteiger partial charge >= 0.3 is 11.9 Å². The highest BCUT2D eigenvalue weighted by Crippen LogP contribution is 2.42. The van der Waals surface area contributed by atoms with Gasteiger partial charge in [0.15, 0.2) is 11.5 Å². The standard InChI is InChI=1S/C29H32O4/c1-20-17-23(29(5,6)19-28(2,3)4)18-24(32-26(30)21-13-9-7-10-14-21)25(20)33-27(31)22-15-11-8-12-16-22/h7-18H,19H2,1-6H3. The molecule has 0 spiro atoms. The molecule has 0 saturated heterocycles. The number of hydrogen-bond acceptors (Lipinski definition) is 4. The second-order valence-electron chi connectivity index (χ2n) is 10.3. The zero-order chi connectivity index (χ0) is 24.2. The molecule has 0 fully saturated rings. The van der Waals surface area contributed by atoms with E-state index in [0.29, 0.717) is 11.1 Å². The monoisotopic (exact) mass is 444 g/mol. The van der Waals surface area contributed by atoms with Gasteiger partial charge in [0.2, 0.25) is 0 Å². The highest BCUT2D eigenvalue weighted by molar-refractivity contribution is 5.93. The maximum absolute atomic E-state index is 12.9. The molecule has 0 unspecified atom stereocenters. The molecule has 33 heavy (non-hydrogen) atoms. The fourth-order valence-electron chi connectivity index (χ4n) is 4.23. The molecule has 0 amide bonds. The van der Waals surface area contributed by atoms with Crippen molar-refractivity contribution in [1.29, 1.82) is 0 Å². The molecule has 4 nitrogen and oxygen atoms in total. The van der Waals surface area contributed by atoms with E-state index < -0.39 is 11.9 Å². The minimum atomic E-state index is -0.502. The molecular weight excluding hydrogens is 412 g/mol. The maximum Gasteiger partial charge on any atom is 0.343 e. The van der Waals surface area contributed by atoms with Gasteiger partial charge in [0.25, 0.3) is 0 Å². The molecule has 172 valence electrons. The van der Waals surface area contributed by atoms with Gasteiger partial charge in [-0.15, -0.1) is 0 Å². The second-order valence-corrected chi connectivity index (χ2v) is 10.3. The van der Waals surface area contributed by atoms with E-state index in [1.54, 1.807) is 48.5 Å². The van der Waals surface area contributed by atoms with Crippen molar-refractivity contribution < 1.29 is 19.1 Å². The first-order chi connectivity index (χ1) is 15.5. The van der Waals surface area contributed by atoms with Gasteiger partial charge in [-0.1, -0.05) is 77.1 Å². The van der Waals surface area contributed by atoms with Gasteiger partial charge < -0.3 is 9.47 Å². The van der Waals surface area contributed by atoms with Crippen LogP contribution in [0.15, 0.2) is 72.8 Å². The van der Waals surface area contributed by atoms with E-state index in [1.165, 1.54) is 0 Å². The van der Waals surface area contributed by atoms with E-state index >= 15 is 0 Å². The van der Waals surface area contributed by atoms with Crippen LogP contribution >= 0.6 is 0 Å². The Bertz CT molecular complexity index is 1120. The lowest BCUT2D eigenvalue weighted by Crippen LogP contribution is -2.25. The summed E-state index contributed by atoms with van der Waals surface area (Å²) >= 11 is 0. The first kappa shape index (κ1) is 24.2. The van der Waals surface area contributed by atoms with Crippen LogP contribution in [0.4, 0.5) is 0 Å². The Morgan fingerprint density at radius 2 is 1.21 bits per heavy atom. The van der Waals surface area contributed by atoms with Crippen LogP contribution < -0.4 is 9.47 Å². The fourth-order valence-corrected chi connectivity index (χ4v) is 4.23. The van der Waals surface area contributed by atoms with E-state index in [0.717, 1.165) is 17.5 Å². The number of carbonyl (C=O) groups excluding carboxylic acids is 2. The Hall–Kier alpha value is -3.40. The SMILES string of the molecule is Cc1cc(C(C)(C)CC(C)(C)C)cc(OC(=O)c2ccccc2)c1OC(=O)c1ccccc1. The van der Waals surface area contributed by atoms with Gasteiger partial charge in [-0.25, -0.2) is 9.59 Å². The number of ether oxygens (including phenoxy) is 2. The Kier molecular flexibility index (Phi) is 7.06. The normalized spacial score (nSPS) is 11.7. The molecule has 0 aromatic heterocycles. The predicted octanol–water partition coefficient (Wildman–Crippen LogP) is 7.15. The van der Waals surface area contributed by atoms with Crippen molar-refractivity contribution in [2.45, 2.75) is 53.4 Å². The molecule has 0 radical (unpaired) electrons. The summed E-state index contributed by atoms with van der Waals surface area (Å²) in [5.74, 6) is -0.510. The van der Waals surface area contributed by atoms with Gasteiger partial charge in [0, 0.05) is 0 Å². The van der Waals surface area contributed by atoms with Crippen LogP contribution in [0.2, 0.25) is 0 Å². The summed E-state index contributed by atoms with van der Waals surface area (Å²) in [6.45, 7) is 12.8. The largest absolute Gasteiger partial charge is 0.419 e. The first-order valence-corrected chi connectivity index (χ1v) is 11.2. The van der Waals surface area contributed by atoms with Crippen LogP contribution in [0.25, 0.3) is 0 Å². The van der Waals surface area contributed by atoms with E-state index in [1.807, 2.05) is 31.2 Å². The molecule has 0 aliphatic carbocycles. The molecule has 3 aromatic rings. The lowest BCUT2D eigenvalue weighted by molar-refractivity contribution is 0.0681. The van der Waals surface area contributed by atoms with Gasteiger partial charge in [0.05, 0.1) is 11.1 Å². The molecule has 3 rings (SSSR count). The zero-order valence-corrected chi connectivity index (χ0v) is 20.3. The lowest BCUT2D eigenvalue weighted by Gasteiger charge is -2.33. The summed E-state index contributed by atoms with van der Waals surface area (Å²) in [6, 6.07) is 21.4. The third-order valence-electron chi connectivity index (χ3n) is 5.41. The molecule has 4 heteroatoms. The number of aryl methyl sites for hydroxylation is 1. The smallest absolute Gasteiger partial charge is 0.343 e. The average Bonchev–Trinajstić information content (AvgIpc) is 2.75. The van der Waals surface area contributed by atoms with Crippen LogP contribution in [-0.2, 0) is 5.41 Å². The number of carbonyl (C=O) groups is 2. The molecule has 0 bridgehead atoms. The van der Waals surface area contributed by atoms with Crippen LogP contribution in [0.3, 0.4) is 0 Å². The number of esters is 2. The fraction of sp³-hybridized carbons (Fsp3) is 0.310. The highest BCUT2D eigenvalue weighted by Gasteiger charge is 2.30. The molecule has 0 atom stereocenters. The zero-order valence-electron chi connectivity index (χ0n) is 20.3. The Morgan fingerprint density at radius 3 is 1.70 bits per heavy atom. The minimum Gasteiger partial charge on any atom is -0.419 e. The minimum absolute atomic E-state index is 0.108. The van der Waals surface area contributed by atoms with Crippen molar-refractivity contribution in [2.24, 2.45) is 5.41 Å². The van der Waals surface area contributed by atoms with Crippen molar-refractivity contribution in [3.05, 3.63) is 95.1 Å². The van der Waals surface area contributed by atoms with Crippen molar-refractivity contribution >= 4 is 11.9 Å². The summed E-state index contributed by atoms with van der Waals surface area (Å²) < 4.78 is 11.6. The third-order valence-corrected chi connectivity index (χ3v) is 5.41. The molecule has 0 heterocycles. The Morgan fingerprint density at radius 1 is 0.727 bits per heavy atom. The van der Waals surface area contributed by atoms with E-state index in [9.17, 15) is 9.59 Å². The number of hydrogen-bond donors (Lipinski definition) is 0. The highest BCUT2D eigenvalue weighted by atomic mass is 16.6. The molecule has 0 saturated carbocycles.